The van der Waals surface area contributed by atoms with Gasteiger partial charge in [-0.05, 0) is 53.8 Å². The Kier molecular flexibility index (Phi) is 6.48. The van der Waals surface area contributed by atoms with E-state index in [4.69, 9.17) is 0 Å². The maximum Gasteiger partial charge on any atom is 0.261 e. The van der Waals surface area contributed by atoms with Gasteiger partial charge in [-0.2, -0.15) is 0 Å². The Morgan fingerprint density at radius 2 is 2.47 bits per heavy atom. The first kappa shape index (κ1) is 15.0. The van der Waals surface area contributed by atoms with Crippen molar-refractivity contribution in [3.8, 4) is 0 Å². The van der Waals surface area contributed by atoms with Gasteiger partial charge in [0.2, 0.25) is 0 Å². The highest BCUT2D eigenvalue weighted by molar-refractivity contribution is 9.10. The van der Waals surface area contributed by atoms with Gasteiger partial charge in [0.15, 0.2) is 0 Å². The van der Waals surface area contributed by atoms with Crippen molar-refractivity contribution >= 4 is 45.6 Å². The Bertz CT molecular complexity index is 366. The number of rotatable bonds is 4. The topological polar surface area (TPSA) is 41.1 Å². The zero-order valence-electron chi connectivity index (χ0n) is 9.37. The molecule has 2 rings (SSSR count). The Hall–Kier alpha value is -0.100. The van der Waals surface area contributed by atoms with Crippen LogP contribution in [0.25, 0.3) is 0 Å². The van der Waals surface area contributed by atoms with E-state index in [0.717, 1.165) is 41.3 Å². The summed E-state index contributed by atoms with van der Waals surface area (Å²) in [5, 5.41) is 8.22. The third-order valence-corrected chi connectivity index (χ3v) is 4.48. The second-order valence-electron chi connectivity index (χ2n) is 4.03. The van der Waals surface area contributed by atoms with Gasteiger partial charge in [-0.3, -0.25) is 4.79 Å². The van der Waals surface area contributed by atoms with Crippen molar-refractivity contribution in [3.05, 3.63) is 20.8 Å². The molecule has 1 aromatic rings. The summed E-state index contributed by atoms with van der Waals surface area (Å²) >= 11 is 4.81. The molecule has 1 fully saturated rings. The minimum Gasteiger partial charge on any atom is -0.351 e. The lowest BCUT2D eigenvalue weighted by molar-refractivity contribution is 0.0955. The molecule has 96 valence electrons. The molecular weight excluding hydrogens is 324 g/mol. The summed E-state index contributed by atoms with van der Waals surface area (Å²) in [6, 6.07) is 1.86. The minimum absolute atomic E-state index is 0. The van der Waals surface area contributed by atoms with Crippen LogP contribution in [0.15, 0.2) is 15.9 Å². The van der Waals surface area contributed by atoms with E-state index in [2.05, 4.69) is 26.6 Å². The van der Waals surface area contributed by atoms with Crippen molar-refractivity contribution in [2.75, 3.05) is 19.6 Å². The van der Waals surface area contributed by atoms with Crippen LogP contribution in [-0.4, -0.2) is 25.5 Å². The van der Waals surface area contributed by atoms with Crippen LogP contribution in [0.5, 0.6) is 0 Å². The molecule has 1 aliphatic rings. The number of hydrogen-bond acceptors (Lipinski definition) is 3. The summed E-state index contributed by atoms with van der Waals surface area (Å²) in [6.07, 6.45) is 2.31. The molecule has 0 bridgehead atoms. The number of hydrogen-bond donors (Lipinski definition) is 2. The van der Waals surface area contributed by atoms with Gasteiger partial charge >= 0.3 is 0 Å². The summed E-state index contributed by atoms with van der Waals surface area (Å²) in [5.74, 6) is 0.775. The standard InChI is InChI=1S/C11H15BrN2OS.ClH/c12-9-5-10(16-7-9)11(15)14-4-2-8-1-3-13-6-8;/h5,7-8,13H,1-4,6H2,(H,14,15);1H. The molecule has 0 spiro atoms. The first-order chi connectivity index (χ1) is 7.75. The summed E-state index contributed by atoms with van der Waals surface area (Å²) in [5.41, 5.74) is 0. The van der Waals surface area contributed by atoms with Gasteiger partial charge in [0.25, 0.3) is 5.91 Å². The molecule has 0 saturated carbocycles. The molecule has 0 aromatic carbocycles. The molecule has 3 nitrogen and oxygen atoms in total. The summed E-state index contributed by atoms with van der Waals surface area (Å²) in [6.45, 7) is 3.00. The van der Waals surface area contributed by atoms with Crippen molar-refractivity contribution in [1.29, 1.82) is 0 Å². The van der Waals surface area contributed by atoms with Gasteiger partial charge in [-0.1, -0.05) is 0 Å². The number of carbonyl (C=O) groups is 1. The Morgan fingerprint density at radius 3 is 3.06 bits per heavy atom. The maximum atomic E-state index is 11.7. The highest BCUT2D eigenvalue weighted by Crippen LogP contribution is 2.19. The molecule has 6 heteroatoms. The highest BCUT2D eigenvalue weighted by atomic mass is 79.9. The zero-order chi connectivity index (χ0) is 11.4. The maximum absolute atomic E-state index is 11.7. The molecule has 2 N–H and O–H groups in total. The van der Waals surface area contributed by atoms with Crippen molar-refractivity contribution in [3.63, 3.8) is 0 Å². The molecule has 1 atom stereocenters. The van der Waals surface area contributed by atoms with Gasteiger partial charge in [-0.15, -0.1) is 23.7 Å². The Balaban J connectivity index is 0.00000144. The quantitative estimate of drug-likeness (QED) is 0.885. The first-order valence-corrected chi connectivity index (χ1v) is 7.16. The average molecular weight is 340 g/mol. The van der Waals surface area contributed by atoms with Crippen molar-refractivity contribution < 1.29 is 4.79 Å². The fourth-order valence-electron chi connectivity index (χ4n) is 1.87. The second-order valence-corrected chi connectivity index (χ2v) is 5.86. The largest absolute Gasteiger partial charge is 0.351 e. The van der Waals surface area contributed by atoms with Crippen LogP contribution >= 0.6 is 39.7 Å². The van der Waals surface area contributed by atoms with E-state index < -0.39 is 0 Å². The SMILES string of the molecule is Cl.O=C(NCCC1CCNC1)c1cc(Br)cs1. The van der Waals surface area contributed by atoms with Crippen LogP contribution in [-0.2, 0) is 0 Å². The normalized spacial score (nSPS) is 18.8. The lowest BCUT2D eigenvalue weighted by Crippen LogP contribution is -2.25. The fraction of sp³-hybridized carbons (Fsp3) is 0.545. The molecule has 1 saturated heterocycles. The third-order valence-electron chi connectivity index (χ3n) is 2.79. The van der Waals surface area contributed by atoms with Crippen molar-refractivity contribution in [2.24, 2.45) is 5.92 Å². The fourth-order valence-corrected chi connectivity index (χ4v) is 3.21. The van der Waals surface area contributed by atoms with E-state index in [0.29, 0.717) is 0 Å². The Morgan fingerprint density at radius 1 is 1.65 bits per heavy atom. The van der Waals surface area contributed by atoms with E-state index in [1.165, 1.54) is 17.8 Å². The van der Waals surface area contributed by atoms with Gasteiger partial charge in [0.1, 0.15) is 0 Å². The predicted octanol–water partition coefficient (Wildman–Crippen LogP) is 2.66. The first-order valence-electron chi connectivity index (χ1n) is 5.48. The van der Waals surface area contributed by atoms with E-state index in [-0.39, 0.29) is 18.3 Å². The number of thiophene rings is 1. The molecule has 17 heavy (non-hydrogen) atoms. The van der Waals surface area contributed by atoms with Gasteiger partial charge in [0, 0.05) is 16.4 Å². The minimum atomic E-state index is 0. The van der Waals surface area contributed by atoms with Crippen LogP contribution in [0.4, 0.5) is 0 Å². The molecular formula is C11H16BrClN2OS. The van der Waals surface area contributed by atoms with Crippen molar-refractivity contribution in [2.45, 2.75) is 12.8 Å². The highest BCUT2D eigenvalue weighted by Gasteiger charge is 2.14. The molecule has 1 aliphatic heterocycles. The monoisotopic (exact) mass is 338 g/mol. The molecule has 1 unspecified atom stereocenters. The number of amides is 1. The van der Waals surface area contributed by atoms with E-state index in [1.54, 1.807) is 0 Å². The second kappa shape index (κ2) is 7.36. The zero-order valence-corrected chi connectivity index (χ0v) is 12.6. The van der Waals surface area contributed by atoms with Gasteiger partial charge in [0.05, 0.1) is 4.88 Å². The van der Waals surface area contributed by atoms with Crippen LogP contribution in [0, 0.1) is 5.92 Å². The molecule has 2 heterocycles. The van der Waals surface area contributed by atoms with E-state index >= 15 is 0 Å². The average Bonchev–Trinajstić information content (AvgIpc) is 2.89. The lowest BCUT2D eigenvalue weighted by atomic mass is 10.1. The molecule has 1 aromatic heterocycles. The lowest BCUT2D eigenvalue weighted by Gasteiger charge is -2.08. The van der Waals surface area contributed by atoms with E-state index in [1.807, 2.05) is 11.4 Å². The summed E-state index contributed by atoms with van der Waals surface area (Å²) in [4.78, 5) is 12.5. The summed E-state index contributed by atoms with van der Waals surface area (Å²) in [7, 11) is 0. The van der Waals surface area contributed by atoms with Gasteiger partial charge in [-0.25, -0.2) is 0 Å². The molecule has 0 aliphatic carbocycles. The molecule has 1 amide bonds. The molecule has 0 radical (unpaired) electrons. The number of halogens is 2. The number of carbonyl (C=O) groups excluding carboxylic acids is 1. The van der Waals surface area contributed by atoms with Crippen LogP contribution in [0.3, 0.4) is 0 Å². The van der Waals surface area contributed by atoms with Crippen LogP contribution in [0.1, 0.15) is 22.5 Å². The van der Waals surface area contributed by atoms with E-state index in [9.17, 15) is 4.79 Å². The van der Waals surface area contributed by atoms with Crippen molar-refractivity contribution in [1.82, 2.24) is 10.6 Å². The van der Waals surface area contributed by atoms with Crippen LogP contribution in [0.2, 0.25) is 0 Å². The predicted molar refractivity (Wildman–Crippen MR) is 77.2 cm³/mol. The third kappa shape index (κ3) is 4.58. The Labute approximate surface area is 120 Å². The smallest absolute Gasteiger partial charge is 0.261 e. The van der Waals surface area contributed by atoms with Crippen LogP contribution < -0.4 is 10.6 Å². The number of nitrogens with one attached hydrogen (secondary N) is 2. The van der Waals surface area contributed by atoms with Gasteiger partial charge < -0.3 is 10.6 Å². The summed E-state index contributed by atoms with van der Waals surface area (Å²) < 4.78 is 0.975.